The van der Waals surface area contributed by atoms with Gasteiger partial charge in [-0.1, -0.05) is 74.7 Å². The molecule has 4 rings (SSSR count). The minimum Gasteiger partial charge on any atom is -0.480 e. The Morgan fingerprint density at radius 2 is 1.69 bits per heavy atom. The quantitative estimate of drug-likeness (QED) is 0.503. The van der Waals surface area contributed by atoms with Gasteiger partial charge in [0.15, 0.2) is 0 Å². The summed E-state index contributed by atoms with van der Waals surface area (Å²) >= 11 is 0. The molecule has 2 aliphatic carbocycles. The normalized spacial score (nSPS) is 21.9. The Hall–Kier alpha value is -3.35. The third-order valence-corrected chi connectivity index (χ3v) is 7.45. The Balaban J connectivity index is 1.43. The van der Waals surface area contributed by atoms with Crippen molar-refractivity contribution in [3.63, 3.8) is 0 Å². The Morgan fingerprint density at radius 1 is 1.06 bits per heavy atom. The molecule has 2 aromatic rings. The maximum absolute atomic E-state index is 13.1. The van der Waals surface area contributed by atoms with Crippen LogP contribution in [0.15, 0.2) is 48.5 Å². The van der Waals surface area contributed by atoms with Crippen molar-refractivity contribution in [1.82, 2.24) is 10.6 Å². The molecule has 186 valence electrons. The second-order valence-corrected chi connectivity index (χ2v) is 9.85. The van der Waals surface area contributed by atoms with E-state index in [0.717, 1.165) is 35.1 Å². The molecule has 35 heavy (non-hydrogen) atoms. The standard InChI is InChI=1S/C28H34N2O5/c1-3-10-24(26(32)33)29-25(31)23-15-8-9-16-28(23,2)30-27(34)35-17-22-20-13-6-4-11-18(20)19-12-5-7-14-21(19)22/h4-7,11-14,22-24H,3,8-10,15-17H2,1-2H3,(H,29,31)(H,30,34)(H,32,33)/t23?,24-,28?/m1/s1. The first-order valence-electron chi connectivity index (χ1n) is 12.5. The Morgan fingerprint density at radius 3 is 2.29 bits per heavy atom. The average Bonchev–Trinajstić information content (AvgIpc) is 3.16. The van der Waals surface area contributed by atoms with Crippen LogP contribution >= 0.6 is 0 Å². The highest BCUT2D eigenvalue weighted by atomic mass is 16.5. The number of carboxylic acids is 1. The van der Waals surface area contributed by atoms with Crippen LogP contribution in [0.2, 0.25) is 0 Å². The zero-order valence-electron chi connectivity index (χ0n) is 20.4. The van der Waals surface area contributed by atoms with Gasteiger partial charge in [-0.25, -0.2) is 9.59 Å². The molecule has 2 aromatic carbocycles. The van der Waals surface area contributed by atoms with Crippen molar-refractivity contribution in [3.8, 4) is 11.1 Å². The highest BCUT2D eigenvalue weighted by Gasteiger charge is 2.43. The van der Waals surface area contributed by atoms with Crippen molar-refractivity contribution in [1.29, 1.82) is 0 Å². The lowest BCUT2D eigenvalue weighted by Crippen LogP contribution is -2.59. The van der Waals surface area contributed by atoms with Crippen molar-refractivity contribution in [2.45, 2.75) is 69.9 Å². The molecule has 1 saturated carbocycles. The van der Waals surface area contributed by atoms with E-state index in [1.807, 2.05) is 38.1 Å². The molecule has 3 N–H and O–H groups in total. The fourth-order valence-electron chi connectivity index (χ4n) is 5.59. The summed E-state index contributed by atoms with van der Waals surface area (Å²) in [5.41, 5.74) is 3.79. The van der Waals surface area contributed by atoms with Gasteiger partial charge in [-0.3, -0.25) is 4.79 Å². The molecule has 2 amide bonds. The topological polar surface area (TPSA) is 105 Å². The monoisotopic (exact) mass is 478 g/mol. The summed E-state index contributed by atoms with van der Waals surface area (Å²) in [5, 5.41) is 15.1. The minimum absolute atomic E-state index is 0.0447. The van der Waals surface area contributed by atoms with Crippen LogP contribution in [-0.4, -0.2) is 41.3 Å². The first-order valence-corrected chi connectivity index (χ1v) is 12.5. The molecule has 7 nitrogen and oxygen atoms in total. The molecule has 0 heterocycles. The number of alkyl carbamates (subject to hydrolysis) is 1. The first-order chi connectivity index (χ1) is 16.8. The Kier molecular flexibility index (Phi) is 7.43. The average molecular weight is 479 g/mol. The molecule has 0 saturated heterocycles. The molecule has 0 aromatic heterocycles. The molecule has 0 radical (unpaired) electrons. The smallest absolute Gasteiger partial charge is 0.407 e. The van der Waals surface area contributed by atoms with Crippen LogP contribution < -0.4 is 10.6 Å². The SMILES string of the molecule is CCC[C@@H](NC(=O)C1CCCCC1(C)NC(=O)OCC1c2ccccc2-c2ccccc21)C(=O)O. The van der Waals surface area contributed by atoms with E-state index < -0.39 is 29.6 Å². The van der Waals surface area contributed by atoms with Gasteiger partial charge in [0.2, 0.25) is 5.91 Å². The molecule has 2 aliphatic rings. The zero-order chi connectivity index (χ0) is 25.0. The van der Waals surface area contributed by atoms with Gasteiger partial charge < -0.3 is 20.5 Å². The highest BCUT2D eigenvalue weighted by molar-refractivity contribution is 5.86. The molecular weight excluding hydrogens is 444 g/mol. The van der Waals surface area contributed by atoms with E-state index >= 15 is 0 Å². The lowest BCUT2D eigenvalue weighted by molar-refractivity contribution is -0.143. The third-order valence-electron chi connectivity index (χ3n) is 7.45. The summed E-state index contributed by atoms with van der Waals surface area (Å²) in [5.74, 6) is -1.93. The number of ether oxygens (including phenoxy) is 1. The van der Waals surface area contributed by atoms with Crippen LogP contribution in [0.4, 0.5) is 4.79 Å². The molecule has 0 spiro atoms. The van der Waals surface area contributed by atoms with E-state index in [4.69, 9.17) is 4.74 Å². The largest absolute Gasteiger partial charge is 0.480 e. The summed E-state index contributed by atoms with van der Waals surface area (Å²) in [6.45, 7) is 3.93. The number of carbonyl (C=O) groups is 3. The predicted octanol–water partition coefficient (Wildman–Crippen LogP) is 4.84. The van der Waals surface area contributed by atoms with E-state index in [9.17, 15) is 19.5 Å². The van der Waals surface area contributed by atoms with Crippen LogP contribution in [0.5, 0.6) is 0 Å². The fraction of sp³-hybridized carbons (Fsp3) is 0.464. The maximum atomic E-state index is 13.1. The van der Waals surface area contributed by atoms with E-state index in [2.05, 4.69) is 34.9 Å². The van der Waals surface area contributed by atoms with Gasteiger partial charge in [0.25, 0.3) is 0 Å². The van der Waals surface area contributed by atoms with Crippen LogP contribution in [0, 0.1) is 5.92 Å². The Bertz CT molecular complexity index is 1050. The molecule has 2 unspecified atom stereocenters. The third kappa shape index (κ3) is 5.19. The van der Waals surface area contributed by atoms with Crippen molar-refractivity contribution in [3.05, 3.63) is 59.7 Å². The minimum atomic E-state index is -1.04. The maximum Gasteiger partial charge on any atom is 0.407 e. The van der Waals surface area contributed by atoms with Crippen molar-refractivity contribution in [2.75, 3.05) is 6.61 Å². The van der Waals surface area contributed by atoms with Gasteiger partial charge in [-0.05, 0) is 48.4 Å². The molecule has 0 aliphatic heterocycles. The number of benzene rings is 2. The van der Waals surface area contributed by atoms with Gasteiger partial charge >= 0.3 is 12.1 Å². The summed E-state index contributed by atoms with van der Waals surface area (Å²) < 4.78 is 5.72. The predicted molar refractivity (Wildman–Crippen MR) is 133 cm³/mol. The lowest BCUT2D eigenvalue weighted by atomic mass is 9.73. The molecule has 1 fully saturated rings. The molecular formula is C28H34N2O5. The number of carboxylic acid groups (broad SMARTS) is 1. The van der Waals surface area contributed by atoms with Crippen molar-refractivity contribution >= 4 is 18.0 Å². The highest BCUT2D eigenvalue weighted by Crippen LogP contribution is 2.44. The van der Waals surface area contributed by atoms with Crippen LogP contribution in [0.1, 0.15) is 69.4 Å². The number of amides is 2. The second kappa shape index (κ2) is 10.5. The summed E-state index contributed by atoms with van der Waals surface area (Å²) in [6.07, 6.45) is 3.40. The van der Waals surface area contributed by atoms with Crippen LogP contribution in [0.25, 0.3) is 11.1 Å². The summed E-state index contributed by atoms with van der Waals surface area (Å²) in [4.78, 5) is 37.5. The number of hydrogen-bond donors (Lipinski definition) is 3. The van der Waals surface area contributed by atoms with E-state index in [0.29, 0.717) is 25.7 Å². The number of aliphatic carboxylic acids is 1. The molecule has 0 bridgehead atoms. The fourth-order valence-corrected chi connectivity index (χ4v) is 5.59. The van der Waals surface area contributed by atoms with E-state index in [1.54, 1.807) is 0 Å². The Labute approximate surface area is 206 Å². The van der Waals surface area contributed by atoms with E-state index in [1.165, 1.54) is 0 Å². The number of carbonyl (C=O) groups excluding carboxylic acids is 2. The van der Waals surface area contributed by atoms with Gasteiger partial charge in [-0.15, -0.1) is 0 Å². The van der Waals surface area contributed by atoms with Gasteiger partial charge in [0.05, 0.1) is 11.5 Å². The number of fused-ring (bicyclic) bond motifs is 3. The lowest BCUT2D eigenvalue weighted by Gasteiger charge is -2.41. The van der Waals surface area contributed by atoms with Gasteiger partial charge in [0, 0.05) is 5.92 Å². The second-order valence-electron chi connectivity index (χ2n) is 9.85. The molecule has 7 heteroatoms. The van der Waals surface area contributed by atoms with Crippen LogP contribution in [0.3, 0.4) is 0 Å². The van der Waals surface area contributed by atoms with Gasteiger partial charge in [0.1, 0.15) is 12.6 Å². The van der Waals surface area contributed by atoms with Crippen molar-refractivity contribution < 1.29 is 24.2 Å². The summed E-state index contributed by atoms with van der Waals surface area (Å²) in [6, 6.07) is 15.4. The number of hydrogen-bond acceptors (Lipinski definition) is 4. The number of nitrogens with one attached hydrogen (secondary N) is 2. The molecule has 3 atom stereocenters. The first kappa shape index (κ1) is 24.8. The summed E-state index contributed by atoms with van der Waals surface area (Å²) in [7, 11) is 0. The number of rotatable bonds is 8. The van der Waals surface area contributed by atoms with Crippen molar-refractivity contribution in [2.24, 2.45) is 5.92 Å². The van der Waals surface area contributed by atoms with E-state index in [-0.39, 0.29) is 18.4 Å². The van der Waals surface area contributed by atoms with Crippen LogP contribution in [-0.2, 0) is 14.3 Å². The van der Waals surface area contributed by atoms with Gasteiger partial charge in [-0.2, -0.15) is 0 Å². The zero-order valence-corrected chi connectivity index (χ0v) is 20.4.